The molecule has 1 atom stereocenters. The van der Waals surface area contributed by atoms with E-state index >= 15 is 0 Å². The van der Waals surface area contributed by atoms with Gasteiger partial charge in [0.15, 0.2) is 5.13 Å². The zero-order chi connectivity index (χ0) is 26.7. The van der Waals surface area contributed by atoms with Crippen molar-refractivity contribution >= 4 is 42.6 Å². The smallest absolute Gasteiger partial charge is 0.247 e. The first-order valence-electron chi connectivity index (χ1n) is 12.2. The summed E-state index contributed by atoms with van der Waals surface area (Å²) in [6, 6.07) is 9.33. The average molecular weight is 547 g/mol. The first-order chi connectivity index (χ1) is 17.7. The molecule has 200 valence electrons. The maximum atomic E-state index is 14.0. The Morgan fingerprint density at radius 3 is 2.49 bits per heavy atom. The third-order valence-corrected chi connectivity index (χ3v) is 9.69. The predicted molar refractivity (Wildman–Crippen MR) is 146 cm³/mol. The number of aromatic nitrogens is 1. The Morgan fingerprint density at radius 2 is 1.84 bits per heavy atom. The van der Waals surface area contributed by atoms with E-state index in [1.54, 1.807) is 24.1 Å². The Morgan fingerprint density at radius 1 is 1.11 bits per heavy atom. The van der Waals surface area contributed by atoms with E-state index in [-0.39, 0.29) is 10.8 Å². The average Bonchev–Trinajstić information content (AvgIpc) is 3.55. The van der Waals surface area contributed by atoms with Crippen LogP contribution in [0.25, 0.3) is 10.2 Å². The van der Waals surface area contributed by atoms with Gasteiger partial charge in [-0.2, -0.15) is 4.31 Å². The zero-order valence-corrected chi connectivity index (χ0v) is 23.6. The lowest BCUT2D eigenvalue weighted by atomic mass is 10.2. The van der Waals surface area contributed by atoms with Gasteiger partial charge < -0.3 is 14.4 Å². The highest BCUT2D eigenvalue weighted by atomic mass is 32.2. The van der Waals surface area contributed by atoms with E-state index in [1.807, 2.05) is 33.2 Å². The molecule has 1 aliphatic heterocycles. The number of hydrogen-bond acceptors (Lipinski definition) is 8. The maximum absolute atomic E-state index is 14.0. The minimum Gasteiger partial charge on any atom is -0.497 e. The van der Waals surface area contributed by atoms with E-state index in [1.165, 1.54) is 34.9 Å². The van der Waals surface area contributed by atoms with Crippen LogP contribution in [0.3, 0.4) is 0 Å². The van der Waals surface area contributed by atoms with Gasteiger partial charge in [0, 0.05) is 13.1 Å². The molecule has 1 fully saturated rings. The van der Waals surface area contributed by atoms with E-state index in [0.717, 1.165) is 23.2 Å². The summed E-state index contributed by atoms with van der Waals surface area (Å²) in [6.45, 7) is 3.52. The van der Waals surface area contributed by atoms with Gasteiger partial charge in [-0.3, -0.25) is 9.69 Å². The topological polar surface area (TPSA) is 92.3 Å². The largest absolute Gasteiger partial charge is 0.497 e. The third kappa shape index (κ3) is 5.59. The molecule has 2 aromatic carbocycles. The van der Waals surface area contributed by atoms with Crippen molar-refractivity contribution in [3.63, 3.8) is 0 Å². The van der Waals surface area contributed by atoms with Gasteiger partial charge in [0.1, 0.15) is 23.1 Å². The number of aryl methyl sites for hydroxylation is 1. The molecule has 1 aliphatic rings. The molecule has 37 heavy (non-hydrogen) atoms. The molecule has 1 amide bonds. The lowest BCUT2D eigenvalue weighted by Crippen LogP contribution is -2.48. The van der Waals surface area contributed by atoms with Gasteiger partial charge in [-0.25, -0.2) is 13.4 Å². The predicted octanol–water partition coefficient (Wildman–Crippen LogP) is 3.76. The van der Waals surface area contributed by atoms with E-state index in [2.05, 4.69) is 4.90 Å². The van der Waals surface area contributed by atoms with Crippen LogP contribution in [0.1, 0.15) is 24.8 Å². The van der Waals surface area contributed by atoms with Crippen LogP contribution < -0.4 is 14.4 Å². The number of rotatable bonds is 10. The summed E-state index contributed by atoms with van der Waals surface area (Å²) in [5.74, 6) is 0.971. The number of carbonyl (C=O) groups excluding carboxylic acids is 1. The number of hydrogen-bond donors (Lipinski definition) is 0. The van der Waals surface area contributed by atoms with E-state index < -0.39 is 16.1 Å². The van der Waals surface area contributed by atoms with Gasteiger partial charge in [-0.15, -0.1) is 0 Å². The fourth-order valence-electron chi connectivity index (χ4n) is 4.56. The van der Waals surface area contributed by atoms with E-state index in [9.17, 15) is 13.2 Å². The van der Waals surface area contributed by atoms with Crippen LogP contribution in [0.15, 0.2) is 41.3 Å². The van der Waals surface area contributed by atoms with Crippen molar-refractivity contribution in [1.82, 2.24) is 14.2 Å². The highest BCUT2D eigenvalue weighted by molar-refractivity contribution is 7.89. The van der Waals surface area contributed by atoms with Crippen LogP contribution in [0.5, 0.6) is 11.5 Å². The number of methoxy groups -OCH3 is 2. The van der Waals surface area contributed by atoms with Gasteiger partial charge in [0.05, 0.1) is 23.8 Å². The molecule has 11 heteroatoms. The highest BCUT2D eigenvalue weighted by Gasteiger charge is 2.42. The first kappa shape index (κ1) is 27.3. The molecule has 3 aromatic rings. The molecule has 2 heterocycles. The molecule has 0 aliphatic carbocycles. The zero-order valence-electron chi connectivity index (χ0n) is 21.9. The summed E-state index contributed by atoms with van der Waals surface area (Å²) in [4.78, 5) is 22.7. The number of amides is 1. The second-order valence-electron chi connectivity index (χ2n) is 9.35. The number of thiazole rings is 1. The molecule has 0 spiro atoms. The molecule has 1 aromatic heterocycles. The molecule has 1 saturated heterocycles. The van der Waals surface area contributed by atoms with Crippen molar-refractivity contribution in [3.05, 3.63) is 42.0 Å². The summed E-state index contributed by atoms with van der Waals surface area (Å²) in [6.07, 6.45) is 1.80. The van der Waals surface area contributed by atoms with Crippen molar-refractivity contribution in [1.29, 1.82) is 0 Å². The molecule has 9 nitrogen and oxygen atoms in total. The molecular weight excluding hydrogens is 512 g/mol. The van der Waals surface area contributed by atoms with Crippen LogP contribution in [0.2, 0.25) is 0 Å². The molecule has 0 saturated carbocycles. The van der Waals surface area contributed by atoms with Crippen LogP contribution >= 0.6 is 11.3 Å². The summed E-state index contributed by atoms with van der Waals surface area (Å²) >= 11 is 1.44. The number of nitrogens with zero attached hydrogens (tertiary/aromatic N) is 4. The quantitative estimate of drug-likeness (QED) is 0.382. The van der Waals surface area contributed by atoms with Gasteiger partial charge >= 0.3 is 0 Å². The van der Waals surface area contributed by atoms with Gasteiger partial charge in [-0.05, 0) is 82.7 Å². The Balaban J connectivity index is 1.69. The minimum atomic E-state index is -3.86. The Kier molecular flexibility index (Phi) is 8.37. The Labute approximate surface area is 222 Å². The van der Waals surface area contributed by atoms with Crippen molar-refractivity contribution in [2.75, 3.05) is 52.8 Å². The Hall–Kier alpha value is -2.73. The van der Waals surface area contributed by atoms with Crippen LogP contribution in [0, 0.1) is 6.92 Å². The maximum Gasteiger partial charge on any atom is 0.247 e. The minimum absolute atomic E-state index is 0.146. The molecule has 1 unspecified atom stereocenters. The fourth-order valence-corrected chi connectivity index (χ4v) is 7.30. The second kappa shape index (κ2) is 11.3. The molecule has 0 bridgehead atoms. The molecule has 4 rings (SSSR count). The molecule has 0 radical (unpaired) electrons. The normalized spacial score (nSPS) is 16.4. The summed E-state index contributed by atoms with van der Waals surface area (Å²) < 4.78 is 40.1. The van der Waals surface area contributed by atoms with Crippen molar-refractivity contribution in [3.8, 4) is 11.5 Å². The van der Waals surface area contributed by atoms with Crippen molar-refractivity contribution in [2.24, 2.45) is 0 Å². The van der Waals surface area contributed by atoms with Crippen molar-refractivity contribution in [2.45, 2.75) is 37.1 Å². The standard InChI is InChI=1S/C26H34N4O5S2/c1-18-9-14-22(35-5)23-24(18)36-26(27-23)29(16-7-15-28(2)3)25(31)21-8-6-17-30(21)37(32,33)20-12-10-19(34-4)11-13-20/h9-14,21H,6-8,15-17H2,1-5H3. The number of carbonyl (C=O) groups is 1. The summed E-state index contributed by atoms with van der Waals surface area (Å²) in [7, 11) is 3.24. The number of anilines is 1. The van der Waals surface area contributed by atoms with Gasteiger partial charge in [0.25, 0.3) is 0 Å². The van der Waals surface area contributed by atoms with Gasteiger partial charge in [0.2, 0.25) is 15.9 Å². The number of fused-ring (bicyclic) bond motifs is 1. The Bertz CT molecular complexity index is 1360. The SMILES string of the molecule is COc1ccc(S(=O)(=O)N2CCCC2C(=O)N(CCCN(C)C)c2nc3c(OC)ccc(C)c3s2)cc1. The number of ether oxygens (including phenoxy) is 2. The molecule has 0 N–H and O–H groups in total. The van der Waals surface area contributed by atoms with E-state index in [4.69, 9.17) is 14.5 Å². The second-order valence-corrected chi connectivity index (χ2v) is 12.2. The number of sulfonamides is 1. The fraction of sp³-hybridized carbons (Fsp3) is 0.462. The van der Waals surface area contributed by atoms with Crippen LogP contribution in [0.4, 0.5) is 5.13 Å². The molecular formula is C26H34N4O5S2. The lowest BCUT2D eigenvalue weighted by molar-refractivity contribution is -0.121. The lowest BCUT2D eigenvalue weighted by Gasteiger charge is -2.29. The van der Waals surface area contributed by atoms with Crippen molar-refractivity contribution < 1.29 is 22.7 Å². The number of benzene rings is 2. The summed E-state index contributed by atoms with van der Waals surface area (Å²) in [5, 5.41) is 0.556. The monoisotopic (exact) mass is 546 g/mol. The van der Waals surface area contributed by atoms with Gasteiger partial charge in [-0.1, -0.05) is 17.4 Å². The summed E-state index contributed by atoms with van der Waals surface area (Å²) in [5.41, 5.74) is 1.76. The highest BCUT2D eigenvalue weighted by Crippen LogP contribution is 2.38. The van der Waals surface area contributed by atoms with Crippen LogP contribution in [-0.2, 0) is 14.8 Å². The first-order valence-corrected chi connectivity index (χ1v) is 14.5. The third-order valence-electron chi connectivity index (χ3n) is 6.55. The van der Waals surface area contributed by atoms with E-state index in [0.29, 0.717) is 48.1 Å². The van der Waals surface area contributed by atoms with Crippen LogP contribution in [-0.4, -0.2) is 82.5 Å².